The van der Waals surface area contributed by atoms with E-state index < -0.39 is 0 Å². The molecule has 2 saturated carbocycles. The number of ether oxygens (including phenoxy) is 1. The van der Waals surface area contributed by atoms with Crippen LogP contribution in [-0.4, -0.2) is 19.3 Å². The van der Waals surface area contributed by atoms with Crippen LogP contribution in [0.3, 0.4) is 0 Å². The van der Waals surface area contributed by atoms with Gasteiger partial charge in [0.2, 0.25) is 0 Å². The van der Waals surface area contributed by atoms with E-state index in [-0.39, 0.29) is 6.54 Å². The molecule has 0 radical (unpaired) electrons. The number of hydrogen-bond acceptors (Lipinski definition) is 2. The van der Waals surface area contributed by atoms with Crippen LogP contribution in [0.4, 0.5) is 4.39 Å². The zero-order chi connectivity index (χ0) is 16.3. The molecule has 0 atom stereocenters. The molecule has 23 heavy (non-hydrogen) atoms. The normalized spacial score (nSPS) is 29.4. The summed E-state index contributed by atoms with van der Waals surface area (Å²) in [6.07, 6.45) is 18.6. The van der Waals surface area contributed by atoms with Gasteiger partial charge >= 0.3 is 0 Å². The third-order valence-corrected chi connectivity index (χ3v) is 5.94. The molecule has 0 aromatic rings. The van der Waals surface area contributed by atoms with Crippen LogP contribution in [0.5, 0.6) is 0 Å². The molecule has 0 spiro atoms. The molecule has 0 aromatic heterocycles. The first-order valence-electron chi connectivity index (χ1n) is 9.93. The molecular formula is C20H36FNO. The highest BCUT2D eigenvalue weighted by Gasteiger charge is 2.24. The van der Waals surface area contributed by atoms with Gasteiger partial charge in [-0.15, -0.1) is 0 Å². The second-order valence-corrected chi connectivity index (χ2v) is 7.63. The molecule has 134 valence electrons. The third-order valence-electron chi connectivity index (χ3n) is 5.94. The van der Waals surface area contributed by atoms with E-state index in [2.05, 4.69) is 0 Å². The number of halogens is 1. The summed E-state index contributed by atoms with van der Waals surface area (Å²) in [5, 5.41) is 0. The summed E-state index contributed by atoms with van der Waals surface area (Å²) in [6, 6.07) is 0. The molecule has 2 fully saturated rings. The zero-order valence-electron chi connectivity index (χ0n) is 14.8. The van der Waals surface area contributed by atoms with Crippen molar-refractivity contribution in [2.24, 2.45) is 17.6 Å². The number of hydrogen-bond donors (Lipinski definition) is 1. The average Bonchev–Trinajstić information content (AvgIpc) is 2.50. The molecule has 0 unspecified atom stereocenters. The lowest BCUT2D eigenvalue weighted by molar-refractivity contribution is 0.0424. The molecule has 0 saturated heterocycles. The van der Waals surface area contributed by atoms with E-state index in [1.807, 2.05) is 0 Å². The molecule has 2 aliphatic rings. The Balaban J connectivity index is 1.73. The van der Waals surface area contributed by atoms with Gasteiger partial charge in [0.25, 0.3) is 0 Å². The Kier molecular flexibility index (Phi) is 9.21. The van der Waals surface area contributed by atoms with Crippen LogP contribution in [0.15, 0.2) is 11.9 Å². The number of nitrogens with two attached hydrogens (primary N) is 1. The van der Waals surface area contributed by atoms with Gasteiger partial charge in [-0.2, -0.15) is 0 Å². The van der Waals surface area contributed by atoms with Crippen molar-refractivity contribution in [3.8, 4) is 0 Å². The molecule has 0 bridgehead atoms. The van der Waals surface area contributed by atoms with Crippen molar-refractivity contribution in [1.29, 1.82) is 0 Å². The van der Waals surface area contributed by atoms with Crippen LogP contribution in [-0.2, 0) is 4.74 Å². The minimum Gasteiger partial charge on any atom is -0.374 e. The van der Waals surface area contributed by atoms with Gasteiger partial charge in [-0.3, -0.25) is 0 Å². The minimum atomic E-state index is 0.257. The standard InChI is InChI=1S/C20H36FNO/c21-14-17(15-22)16-23-20-12-6-10-19(11-7-13-20)18-8-4-2-1-3-5-9-18/h14,18-20H,1-13,15-16,22H2/b17-14+. The summed E-state index contributed by atoms with van der Waals surface area (Å²) in [4.78, 5) is 0. The maximum atomic E-state index is 12.6. The maximum Gasteiger partial charge on any atom is 0.0894 e. The first-order valence-corrected chi connectivity index (χ1v) is 9.93. The fourth-order valence-corrected chi connectivity index (χ4v) is 4.46. The lowest BCUT2D eigenvalue weighted by Crippen LogP contribution is -2.23. The van der Waals surface area contributed by atoms with Gasteiger partial charge < -0.3 is 10.5 Å². The smallest absolute Gasteiger partial charge is 0.0894 e. The molecule has 0 aromatic carbocycles. The summed E-state index contributed by atoms with van der Waals surface area (Å²) < 4.78 is 18.4. The van der Waals surface area contributed by atoms with Crippen LogP contribution in [0, 0.1) is 11.8 Å². The average molecular weight is 326 g/mol. The van der Waals surface area contributed by atoms with Crippen LogP contribution >= 0.6 is 0 Å². The van der Waals surface area contributed by atoms with Gasteiger partial charge in [0.1, 0.15) is 0 Å². The third kappa shape index (κ3) is 6.93. The topological polar surface area (TPSA) is 35.2 Å². The van der Waals surface area contributed by atoms with Crippen LogP contribution < -0.4 is 5.73 Å². The first kappa shape index (κ1) is 18.9. The molecule has 3 heteroatoms. The summed E-state index contributed by atoms with van der Waals surface area (Å²) in [6.45, 7) is 0.622. The van der Waals surface area contributed by atoms with Crippen molar-refractivity contribution in [2.45, 2.75) is 89.6 Å². The Bertz CT molecular complexity index is 327. The van der Waals surface area contributed by atoms with E-state index in [9.17, 15) is 4.39 Å². The minimum absolute atomic E-state index is 0.257. The van der Waals surface area contributed by atoms with Crippen molar-refractivity contribution in [2.75, 3.05) is 13.2 Å². The van der Waals surface area contributed by atoms with E-state index in [4.69, 9.17) is 10.5 Å². The molecule has 2 aliphatic carbocycles. The van der Waals surface area contributed by atoms with Gasteiger partial charge in [0.05, 0.1) is 19.0 Å². The van der Waals surface area contributed by atoms with Gasteiger partial charge in [0.15, 0.2) is 0 Å². The maximum absolute atomic E-state index is 12.6. The first-order chi connectivity index (χ1) is 11.3. The van der Waals surface area contributed by atoms with Crippen LogP contribution in [0.2, 0.25) is 0 Å². The quantitative estimate of drug-likeness (QED) is 0.723. The van der Waals surface area contributed by atoms with E-state index in [0.717, 1.165) is 24.7 Å². The fourth-order valence-electron chi connectivity index (χ4n) is 4.46. The van der Waals surface area contributed by atoms with Crippen molar-refractivity contribution >= 4 is 0 Å². The Morgan fingerprint density at radius 2 is 1.35 bits per heavy atom. The van der Waals surface area contributed by atoms with E-state index >= 15 is 0 Å². The largest absolute Gasteiger partial charge is 0.374 e. The Morgan fingerprint density at radius 3 is 1.87 bits per heavy atom. The predicted molar refractivity (Wildman–Crippen MR) is 95.0 cm³/mol. The summed E-state index contributed by atoms with van der Waals surface area (Å²) in [5.74, 6) is 1.92. The molecule has 2 nitrogen and oxygen atoms in total. The van der Waals surface area contributed by atoms with E-state index in [1.165, 1.54) is 70.6 Å². The van der Waals surface area contributed by atoms with Gasteiger partial charge in [0, 0.05) is 6.54 Å². The van der Waals surface area contributed by atoms with Crippen molar-refractivity contribution in [1.82, 2.24) is 0 Å². The summed E-state index contributed by atoms with van der Waals surface area (Å²) >= 11 is 0. The van der Waals surface area contributed by atoms with Gasteiger partial charge in [-0.25, -0.2) is 4.39 Å². The predicted octanol–water partition coefficient (Wildman–Crippen LogP) is 5.51. The molecule has 2 rings (SSSR count). The molecule has 2 N–H and O–H groups in total. The van der Waals surface area contributed by atoms with Gasteiger partial charge in [-0.1, -0.05) is 70.6 Å². The highest BCUT2D eigenvalue weighted by molar-refractivity contribution is 4.99. The van der Waals surface area contributed by atoms with Crippen LogP contribution in [0.25, 0.3) is 0 Å². The van der Waals surface area contributed by atoms with Crippen molar-refractivity contribution in [3.05, 3.63) is 11.9 Å². The van der Waals surface area contributed by atoms with E-state index in [1.54, 1.807) is 0 Å². The highest BCUT2D eigenvalue weighted by Crippen LogP contribution is 2.36. The lowest BCUT2D eigenvalue weighted by Gasteiger charge is -2.32. The molecule has 0 heterocycles. The Morgan fingerprint density at radius 1 is 0.826 bits per heavy atom. The Hall–Kier alpha value is -0.410. The van der Waals surface area contributed by atoms with Gasteiger partial charge in [-0.05, 0) is 30.3 Å². The lowest BCUT2D eigenvalue weighted by atomic mass is 9.76. The monoisotopic (exact) mass is 325 g/mol. The Labute approximate surface area is 142 Å². The highest BCUT2D eigenvalue weighted by atomic mass is 19.1. The summed E-state index contributed by atoms with van der Waals surface area (Å²) in [5.41, 5.74) is 6.06. The van der Waals surface area contributed by atoms with Crippen molar-refractivity contribution < 1.29 is 9.13 Å². The molecular weight excluding hydrogens is 289 g/mol. The van der Waals surface area contributed by atoms with E-state index in [0.29, 0.717) is 24.6 Å². The molecule has 0 aliphatic heterocycles. The second-order valence-electron chi connectivity index (χ2n) is 7.63. The zero-order valence-corrected chi connectivity index (χ0v) is 14.8. The summed E-state index contributed by atoms with van der Waals surface area (Å²) in [7, 11) is 0. The number of rotatable bonds is 5. The van der Waals surface area contributed by atoms with Crippen molar-refractivity contribution in [3.63, 3.8) is 0 Å². The fraction of sp³-hybridized carbons (Fsp3) is 0.900. The molecule has 0 amide bonds. The SMILES string of the molecule is NC/C(=C\F)COC1CCCC(C2CCCCCCC2)CCC1. The van der Waals surface area contributed by atoms with Crippen LogP contribution in [0.1, 0.15) is 83.5 Å². The second kappa shape index (κ2) is 11.2.